The van der Waals surface area contributed by atoms with Crippen LogP contribution in [0.15, 0.2) is 47.4 Å². The summed E-state index contributed by atoms with van der Waals surface area (Å²) < 4.78 is 38.5. The average molecular weight is 378 g/mol. The maximum absolute atomic E-state index is 13.7. The summed E-state index contributed by atoms with van der Waals surface area (Å²) in [5.41, 5.74) is 0.503. The fourth-order valence-electron chi connectivity index (χ4n) is 2.21. The SMILES string of the molecule is CC(C)S(=O)(=O)c1ccc(C(=O)Nc2nc3c(F)cccc3s2)cc1. The van der Waals surface area contributed by atoms with E-state index in [9.17, 15) is 17.6 Å². The Morgan fingerprint density at radius 3 is 2.44 bits per heavy atom. The average Bonchev–Trinajstić information content (AvgIpc) is 2.98. The molecule has 0 aliphatic rings. The molecule has 0 saturated carbocycles. The van der Waals surface area contributed by atoms with E-state index >= 15 is 0 Å². The van der Waals surface area contributed by atoms with E-state index in [4.69, 9.17) is 0 Å². The molecular formula is C17H15FN2O3S2. The van der Waals surface area contributed by atoms with E-state index in [2.05, 4.69) is 10.3 Å². The van der Waals surface area contributed by atoms with Gasteiger partial charge in [0.2, 0.25) is 0 Å². The first-order valence-electron chi connectivity index (χ1n) is 7.49. The number of benzene rings is 2. The summed E-state index contributed by atoms with van der Waals surface area (Å²) in [5.74, 6) is -0.884. The number of hydrogen-bond donors (Lipinski definition) is 1. The molecule has 1 amide bonds. The number of amides is 1. The molecule has 1 N–H and O–H groups in total. The van der Waals surface area contributed by atoms with Crippen molar-refractivity contribution in [1.82, 2.24) is 4.98 Å². The van der Waals surface area contributed by atoms with E-state index in [1.807, 2.05) is 0 Å². The number of hydrogen-bond acceptors (Lipinski definition) is 5. The summed E-state index contributed by atoms with van der Waals surface area (Å²) in [6.45, 7) is 3.20. The maximum atomic E-state index is 13.7. The lowest BCUT2D eigenvalue weighted by molar-refractivity contribution is 0.102. The van der Waals surface area contributed by atoms with Crippen LogP contribution in [0.5, 0.6) is 0 Å². The van der Waals surface area contributed by atoms with Crippen LogP contribution >= 0.6 is 11.3 Å². The number of sulfone groups is 1. The fraction of sp³-hybridized carbons (Fsp3) is 0.176. The van der Waals surface area contributed by atoms with Crippen LogP contribution in [0.25, 0.3) is 10.2 Å². The maximum Gasteiger partial charge on any atom is 0.257 e. The molecule has 1 aromatic heterocycles. The van der Waals surface area contributed by atoms with Crippen molar-refractivity contribution in [3.63, 3.8) is 0 Å². The van der Waals surface area contributed by atoms with E-state index in [1.165, 1.54) is 41.7 Å². The predicted molar refractivity (Wildman–Crippen MR) is 96.3 cm³/mol. The van der Waals surface area contributed by atoms with Crippen molar-refractivity contribution in [1.29, 1.82) is 0 Å². The van der Waals surface area contributed by atoms with Crippen molar-refractivity contribution in [2.24, 2.45) is 0 Å². The van der Waals surface area contributed by atoms with Gasteiger partial charge in [0.05, 0.1) is 14.8 Å². The van der Waals surface area contributed by atoms with E-state index in [0.717, 1.165) is 0 Å². The summed E-state index contributed by atoms with van der Waals surface area (Å²) >= 11 is 1.17. The van der Waals surface area contributed by atoms with Gasteiger partial charge in [0.15, 0.2) is 15.0 Å². The number of nitrogens with zero attached hydrogens (tertiary/aromatic N) is 1. The van der Waals surface area contributed by atoms with Gasteiger partial charge in [-0.15, -0.1) is 0 Å². The molecule has 0 spiro atoms. The van der Waals surface area contributed by atoms with Crippen LogP contribution in [-0.4, -0.2) is 24.6 Å². The number of carbonyl (C=O) groups excluding carboxylic acids is 1. The van der Waals surface area contributed by atoms with Crippen molar-refractivity contribution >= 4 is 42.4 Å². The molecule has 0 unspecified atom stereocenters. The Bertz CT molecular complexity index is 1040. The Hall–Kier alpha value is -2.32. The van der Waals surface area contributed by atoms with E-state index in [-0.39, 0.29) is 15.5 Å². The van der Waals surface area contributed by atoms with Gasteiger partial charge in [-0.2, -0.15) is 0 Å². The molecule has 1 heterocycles. The zero-order chi connectivity index (χ0) is 18.2. The van der Waals surface area contributed by atoms with Crippen LogP contribution < -0.4 is 5.32 Å². The van der Waals surface area contributed by atoms with E-state index in [0.29, 0.717) is 10.3 Å². The second-order valence-electron chi connectivity index (χ2n) is 5.68. The van der Waals surface area contributed by atoms with Gasteiger partial charge in [0.1, 0.15) is 11.3 Å². The normalized spacial score (nSPS) is 11.8. The predicted octanol–water partition coefficient (Wildman–Crippen LogP) is 3.87. The number of fused-ring (bicyclic) bond motifs is 1. The van der Waals surface area contributed by atoms with E-state index in [1.54, 1.807) is 26.0 Å². The van der Waals surface area contributed by atoms with Crippen molar-refractivity contribution in [3.8, 4) is 0 Å². The van der Waals surface area contributed by atoms with Crippen molar-refractivity contribution in [2.75, 3.05) is 5.32 Å². The van der Waals surface area contributed by atoms with Crippen LogP contribution in [0.3, 0.4) is 0 Å². The Morgan fingerprint density at radius 2 is 1.84 bits per heavy atom. The summed E-state index contributed by atoms with van der Waals surface area (Å²) in [5, 5.41) is 2.35. The number of halogens is 1. The highest BCUT2D eigenvalue weighted by molar-refractivity contribution is 7.92. The number of thiazole rings is 1. The summed E-state index contributed by atoms with van der Waals surface area (Å²) in [6, 6.07) is 10.3. The number of para-hydroxylation sites is 1. The first-order chi connectivity index (χ1) is 11.8. The largest absolute Gasteiger partial charge is 0.298 e. The minimum Gasteiger partial charge on any atom is -0.298 e. The minimum absolute atomic E-state index is 0.168. The van der Waals surface area contributed by atoms with Crippen LogP contribution in [0.4, 0.5) is 9.52 Å². The quantitative estimate of drug-likeness (QED) is 0.748. The van der Waals surface area contributed by atoms with Gasteiger partial charge in [-0.3, -0.25) is 10.1 Å². The van der Waals surface area contributed by atoms with Gasteiger partial charge < -0.3 is 0 Å². The van der Waals surface area contributed by atoms with Gasteiger partial charge in [-0.05, 0) is 50.2 Å². The van der Waals surface area contributed by atoms with E-state index < -0.39 is 26.8 Å². The first-order valence-corrected chi connectivity index (χ1v) is 9.85. The molecule has 0 bridgehead atoms. The van der Waals surface area contributed by atoms with Gasteiger partial charge in [-0.1, -0.05) is 17.4 Å². The third kappa shape index (κ3) is 3.40. The van der Waals surface area contributed by atoms with Crippen LogP contribution in [-0.2, 0) is 9.84 Å². The Morgan fingerprint density at radius 1 is 1.16 bits per heavy atom. The third-order valence-electron chi connectivity index (χ3n) is 3.66. The number of rotatable bonds is 4. The van der Waals surface area contributed by atoms with Crippen molar-refractivity contribution in [3.05, 3.63) is 53.8 Å². The minimum atomic E-state index is -3.38. The van der Waals surface area contributed by atoms with Gasteiger partial charge >= 0.3 is 0 Å². The highest BCUT2D eigenvalue weighted by Crippen LogP contribution is 2.28. The summed E-state index contributed by atoms with van der Waals surface area (Å²) in [6.07, 6.45) is 0. The molecule has 25 heavy (non-hydrogen) atoms. The van der Waals surface area contributed by atoms with Crippen LogP contribution in [0, 0.1) is 5.82 Å². The molecule has 3 aromatic rings. The second kappa shape index (κ2) is 6.53. The lowest BCUT2D eigenvalue weighted by Crippen LogP contribution is -2.15. The zero-order valence-corrected chi connectivity index (χ0v) is 15.1. The molecule has 0 aliphatic heterocycles. The zero-order valence-electron chi connectivity index (χ0n) is 13.5. The molecule has 8 heteroatoms. The molecule has 0 aliphatic carbocycles. The summed E-state index contributed by atoms with van der Waals surface area (Å²) in [4.78, 5) is 16.5. The summed E-state index contributed by atoms with van der Waals surface area (Å²) in [7, 11) is -3.38. The molecule has 0 saturated heterocycles. The number of carbonyl (C=O) groups is 1. The molecule has 2 aromatic carbocycles. The molecule has 0 radical (unpaired) electrons. The van der Waals surface area contributed by atoms with Gasteiger partial charge in [0.25, 0.3) is 5.91 Å². The highest BCUT2D eigenvalue weighted by atomic mass is 32.2. The van der Waals surface area contributed by atoms with Crippen molar-refractivity contribution < 1.29 is 17.6 Å². The monoisotopic (exact) mass is 378 g/mol. The molecular weight excluding hydrogens is 363 g/mol. The Balaban J connectivity index is 1.82. The van der Waals surface area contributed by atoms with Crippen LogP contribution in [0.1, 0.15) is 24.2 Å². The first kappa shape index (κ1) is 17.5. The lowest BCUT2D eigenvalue weighted by atomic mass is 10.2. The Kier molecular flexibility index (Phi) is 4.57. The molecule has 0 atom stereocenters. The van der Waals surface area contributed by atoms with Gasteiger partial charge in [0, 0.05) is 5.56 Å². The molecule has 5 nitrogen and oxygen atoms in total. The third-order valence-corrected chi connectivity index (χ3v) is 6.76. The highest BCUT2D eigenvalue weighted by Gasteiger charge is 2.19. The second-order valence-corrected chi connectivity index (χ2v) is 9.21. The van der Waals surface area contributed by atoms with Crippen molar-refractivity contribution in [2.45, 2.75) is 24.0 Å². The fourth-order valence-corrected chi connectivity index (χ4v) is 4.14. The smallest absolute Gasteiger partial charge is 0.257 e. The standard InChI is InChI=1S/C17H15FN2O3S2/c1-10(2)25(22,23)12-8-6-11(7-9-12)16(21)20-17-19-15-13(18)4-3-5-14(15)24-17/h3-10H,1-2H3,(H,19,20,21). The van der Waals surface area contributed by atoms with Gasteiger partial charge in [-0.25, -0.2) is 17.8 Å². The topological polar surface area (TPSA) is 76.1 Å². The lowest BCUT2D eigenvalue weighted by Gasteiger charge is -2.08. The number of nitrogens with one attached hydrogen (secondary N) is 1. The molecule has 130 valence electrons. The Labute approximate surface area is 148 Å². The number of aromatic nitrogens is 1. The van der Waals surface area contributed by atoms with Crippen LogP contribution in [0.2, 0.25) is 0 Å². The molecule has 3 rings (SSSR count). The molecule has 0 fully saturated rings. The number of anilines is 1.